The molecule has 1 saturated heterocycles. The van der Waals surface area contributed by atoms with Crippen molar-refractivity contribution in [3.8, 4) is 0 Å². The number of piperidine rings is 1. The van der Waals surface area contributed by atoms with Crippen molar-refractivity contribution in [2.75, 3.05) is 6.54 Å². The van der Waals surface area contributed by atoms with Crippen molar-refractivity contribution in [1.82, 2.24) is 14.9 Å². The molecular weight excluding hydrogens is 322 g/mol. The molecule has 4 heteroatoms. The normalized spacial score (nSPS) is 32.0. The minimum atomic E-state index is -0.504. The van der Waals surface area contributed by atoms with Crippen LogP contribution in [0.5, 0.6) is 0 Å². The lowest BCUT2D eigenvalue weighted by Gasteiger charge is -2.44. The average molecular weight is 349 g/mol. The predicted molar refractivity (Wildman–Crippen MR) is 102 cm³/mol. The quantitative estimate of drug-likeness (QED) is 0.776. The Morgan fingerprint density at radius 1 is 1.12 bits per heavy atom. The Balaban J connectivity index is 1.71. The summed E-state index contributed by atoms with van der Waals surface area (Å²) >= 11 is 0. The van der Waals surface area contributed by atoms with E-state index < -0.39 is 5.41 Å². The molecule has 0 spiro atoms. The molecule has 2 aliphatic carbocycles. The standard InChI is InChI=1S/C22H27N3O/c1-14-8-6-7-13-25(14)20(26)22-12-11-15(21(22,2)3)18-19(22)24-17-10-5-4-9-16(17)23-18/h4-5,9-10,14-15H,6-8,11-13H2,1-3H3. The number of carbonyl (C=O) groups is 1. The summed E-state index contributed by atoms with van der Waals surface area (Å²) in [5.74, 6) is 0.638. The van der Waals surface area contributed by atoms with E-state index in [2.05, 4.69) is 25.7 Å². The maximum Gasteiger partial charge on any atom is 0.235 e. The van der Waals surface area contributed by atoms with Gasteiger partial charge in [-0.3, -0.25) is 4.79 Å². The third kappa shape index (κ3) is 1.83. The van der Waals surface area contributed by atoms with Crippen molar-refractivity contribution in [1.29, 1.82) is 0 Å². The Hall–Kier alpha value is -1.97. The topological polar surface area (TPSA) is 46.1 Å². The highest BCUT2D eigenvalue weighted by Crippen LogP contribution is 2.67. The number of rotatable bonds is 1. The number of nitrogens with zero attached hydrogens (tertiary/aromatic N) is 3. The van der Waals surface area contributed by atoms with Gasteiger partial charge < -0.3 is 4.90 Å². The van der Waals surface area contributed by atoms with Gasteiger partial charge in [-0.15, -0.1) is 0 Å². The maximum atomic E-state index is 14.0. The van der Waals surface area contributed by atoms with Crippen LogP contribution in [0.25, 0.3) is 11.0 Å². The first-order valence-corrected chi connectivity index (χ1v) is 10.0. The smallest absolute Gasteiger partial charge is 0.235 e. The predicted octanol–water partition coefficient (Wildman–Crippen LogP) is 4.19. The van der Waals surface area contributed by atoms with Crippen LogP contribution in [0.2, 0.25) is 0 Å². The molecule has 1 amide bonds. The Labute approximate surface area is 155 Å². The van der Waals surface area contributed by atoms with Crippen molar-refractivity contribution >= 4 is 16.9 Å². The van der Waals surface area contributed by atoms with Crippen LogP contribution in [0.4, 0.5) is 0 Å². The second kappa shape index (κ2) is 5.28. The number of hydrogen-bond acceptors (Lipinski definition) is 3. The number of carbonyl (C=O) groups excluding carboxylic acids is 1. The summed E-state index contributed by atoms with van der Waals surface area (Å²) in [6.07, 6.45) is 5.41. The van der Waals surface area contributed by atoms with Crippen LogP contribution in [0.3, 0.4) is 0 Å². The van der Waals surface area contributed by atoms with Gasteiger partial charge in [0.2, 0.25) is 5.91 Å². The van der Waals surface area contributed by atoms with Crippen molar-refractivity contribution in [2.45, 2.75) is 70.3 Å². The summed E-state index contributed by atoms with van der Waals surface area (Å²) in [5, 5.41) is 0. The van der Waals surface area contributed by atoms with E-state index in [4.69, 9.17) is 9.97 Å². The SMILES string of the molecule is CC1CCCCN1C(=O)C12CCC(c3nc4ccccc4nc31)C2(C)C. The molecule has 1 saturated carbocycles. The fourth-order valence-corrected chi connectivity index (χ4v) is 5.94. The van der Waals surface area contributed by atoms with Crippen molar-refractivity contribution in [2.24, 2.45) is 5.41 Å². The first-order valence-electron chi connectivity index (χ1n) is 10.0. The van der Waals surface area contributed by atoms with E-state index in [0.717, 1.165) is 54.6 Å². The van der Waals surface area contributed by atoms with Crippen LogP contribution in [0, 0.1) is 5.41 Å². The molecule has 1 aromatic heterocycles. The van der Waals surface area contributed by atoms with E-state index in [0.29, 0.717) is 17.9 Å². The van der Waals surface area contributed by atoms with Crippen LogP contribution in [0.15, 0.2) is 24.3 Å². The lowest BCUT2D eigenvalue weighted by atomic mass is 9.67. The summed E-state index contributed by atoms with van der Waals surface area (Å²) in [4.78, 5) is 26.1. The summed E-state index contributed by atoms with van der Waals surface area (Å²) in [5.41, 5.74) is 3.28. The molecule has 1 aliphatic heterocycles. The summed E-state index contributed by atoms with van der Waals surface area (Å²) in [6.45, 7) is 7.63. The van der Waals surface area contributed by atoms with Crippen molar-refractivity contribution in [3.63, 3.8) is 0 Å². The van der Waals surface area contributed by atoms with Crippen LogP contribution in [-0.2, 0) is 10.2 Å². The molecule has 2 heterocycles. The molecule has 3 aliphatic rings. The monoisotopic (exact) mass is 349 g/mol. The molecule has 0 N–H and O–H groups in total. The Bertz CT molecular complexity index is 905. The first kappa shape index (κ1) is 16.2. The molecule has 5 rings (SSSR count). The summed E-state index contributed by atoms with van der Waals surface area (Å²) in [7, 11) is 0. The van der Waals surface area contributed by atoms with Crippen LogP contribution >= 0.6 is 0 Å². The molecule has 136 valence electrons. The number of para-hydroxylation sites is 2. The van der Waals surface area contributed by atoms with Crippen LogP contribution < -0.4 is 0 Å². The highest BCUT2D eigenvalue weighted by Gasteiger charge is 2.68. The molecule has 3 atom stereocenters. The zero-order chi connectivity index (χ0) is 18.1. The van der Waals surface area contributed by atoms with Gasteiger partial charge >= 0.3 is 0 Å². The number of likely N-dealkylation sites (tertiary alicyclic amines) is 1. The number of amides is 1. The maximum absolute atomic E-state index is 14.0. The Morgan fingerprint density at radius 2 is 1.85 bits per heavy atom. The van der Waals surface area contributed by atoms with Gasteiger partial charge in [0.1, 0.15) is 0 Å². The van der Waals surface area contributed by atoms with E-state index in [-0.39, 0.29) is 5.41 Å². The highest BCUT2D eigenvalue weighted by atomic mass is 16.2. The lowest BCUT2D eigenvalue weighted by molar-refractivity contribution is -0.144. The zero-order valence-electron chi connectivity index (χ0n) is 16.0. The van der Waals surface area contributed by atoms with Crippen LogP contribution in [0.1, 0.15) is 70.2 Å². The van der Waals surface area contributed by atoms with Gasteiger partial charge in [0.25, 0.3) is 0 Å². The van der Waals surface area contributed by atoms with Gasteiger partial charge in [0.15, 0.2) is 0 Å². The molecule has 2 fully saturated rings. The Morgan fingerprint density at radius 3 is 2.58 bits per heavy atom. The van der Waals surface area contributed by atoms with Gasteiger partial charge in [-0.05, 0) is 56.6 Å². The minimum Gasteiger partial charge on any atom is -0.339 e. The zero-order valence-corrected chi connectivity index (χ0v) is 16.0. The van der Waals surface area contributed by atoms with E-state index in [1.54, 1.807) is 0 Å². The van der Waals surface area contributed by atoms with Gasteiger partial charge in [-0.25, -0.2) is 9.97 Å². The van der Waals surface area contributed by atoms with Gasteiger partial charge in [0.05, 0.1) is 27.8 Å². The third-order valence-corrected chi connectivity index (χ3v) is 7.54. The van der Waals surface area contributed by atoms with Gasteiger partial charge in [-0.1, -0.05) is 26.0 Å². The van der Waals surface area contributed by atoms with Crippen molar-refractivity contribution < 1.29 is 4.79 Å². The van der Waals surface area contributed by atoms with Gasteiger partial charge in [0, 0.05) is 18.5 Å². The molecule has 1 aromatic carbocycles. The number of fused-ring (bicyclic) bond motifs is 6. The minimum absolute atomic E-state index is 0.124. The Kier molecular flexibility index (Phi) is 3.29. The third-order valence-electron chi connectivity index (χ3n) is 7.54. The van der Waals surface area contributed by atoms with E-state index in [9.17, 15) is 4.79 Å². The van der Waals surface area contributed by atoms with Gasteiger partial charge in [-0.2, -0.15) is 0 Å². The summed E-state index contributed by atoms with van der Waals surface area (Å²) in [6, 6.07) is 8.39. The molecule has 0 radical (unpaired) electrons. The molecule has 2 aromatic rings. The largest absolute Gasteiger partial charge is 0.339 e. The molecular formula is C22H27N3O. The van der Waals surface area contributed by atoms with E-state index in [1.807, 2.05) is 24.3 Å². The van der Waals surface area contributed by atoms with Crippen LogP contribution in [-0.4, -0.2) is 33.4 Å². The molecule has 3 unspecified atom stereocenters. The average Bonchev–Trinajstić information content (AvgIpc) is 3.01. The molecule has 4 nitrogen and oxygen atoms in total. The summed E-state index contributed by atoms with van der Waals surface area (Å²) < 4.78 is 0. The van der Waals surface area contributed by atoms with E-state index in [1.165, 1.54) is 6.42 Å². The lowest BCUT2D eigenvalue weighted by Crippen LogP contribution is -2.55. The number of benzene rings is 1. The number of hydrogen-bond donors (Lipinski definition) is 0. The van der Waals surface area contributed by atoms with Crippen molar-refractivity contribution in [3.05, 3.63) is 35.7 Å². The molecule has 2 bridgehead atoms. The fraction of sp³-hybridized carbons (Fsp3) is 0.591. The van der Waals surface area contributed by atoms with E-state index >= 15 is 0 Å². The number of aromatic nitrogens is 2. The fourth-order valence-electron chi connectivity index (χ4n) is 5.94. The second-order valence-electron chi connectivity index (χ2n) is 9.01. The molecule has 26 heavy (non-hydrogen) atoms. The second-order valence-corrected chi connectivity index (χ2v) is 9.01. The highest BCUT2D eigenvalue weighted by molar-refractivity contribution is 5.92. The first-order chi connectivity index (χ1) is 12.5.